The second kappa shape index (κ2) is 6.99. The van der Waals surface area contributed by atoms with Gasteiger partial charge in [0.2, 0.25) is 0 Å². The van der Waals surface area contributed by atoms with Crippen molar-refractivity contribution in [1.82, 2.24) is 5.32 Å². The number of amides is 1. The highest BCUT2D eigenvalue weighted by Crippen LogP contribution is 2.24. The summed E-state index contributed by atoms with van der Waals surface area (Å²) in [5, 5.41) is 3.44. The van der Waals surface area contributed by atoms with Crippen LogP contribution in [0.25, 0.3) is 0 Å². The van der Waals surface area contributed by atoms with E-state index in [0.29, 0.717) is 28.6 Å². The van der Waals surface area contributed by atoms with Crippen LogP contribution in [0.1, 0.15) is 15.9 Å². The third-order valence-electron chi connectivity index (χ3n) is 3.04. The van der Waals surface area contributed by atoms with Gasteiger partial charge < -0.3 is 14.8 Å². The van der Waals surface area contributed by atoms with E-state index >= 15 is 0 Å². The maximum Gasteiger partial charge on any atom is 0.251 e. The lowest BCUT2D eigenvalue weighted by Crippen LogP contribution is -2.22. The largest absolute Gasteiger partial charge is 0.497 e. The Kier molecular flexibility index (Phi) is 5.06. The number of carbonyl (C=O) groups excluding carboxylic acids is 1. The summed E-state index contributed by atoms with van der Waals surface area (Å²) in [6.45, 7) is 0.370. The normalized spacial score (nSPS) is 10.0. The zero-order chi connectivity index (χ0) is 15.2. The van der Waals surface area contributed by atoms with E-state index in [0.717, 1.165) is 5.56 Å². The van der Waals surface area contributed by atoms with Crippen LogP contribution in [0.5, 0.6) is 11.5 Å². The molecular weight excluding hydrogens is 290 g/mol. The highest BCUT2D eigenvalue weighted by molar-refractivity contribution is 6.30. The standard InChI is InChI=1S/C16H16ClNO3/c1-20-14-8-5-12(15(9-14)21-2)10-18-16(19)11-3-6-13(17)7-4-11/h3-9H,10H2,1-2H3,(H,18,19). The van der Waals surface area contributed by atoms with E-state index in [2.05, 4.69) is 5.32 Å². The Labute approximate surface area is 128 Å². The molecular formula is C16H16ClNO3. The molecule has 0 saturated heterocycles. The van der Waals surface area contributed by atoms with Crippen LogP contribution in [0.2, 0.25) is 5.02 Å². The topological polar surface area (TPSA) is 47.6 Å². The lowest BCUT2D eigenvalue weighted by molar-refractivity contribution is 0.0950. The third kappa shape index (κ3) is 3.89. The number of benzene rings is 2. The quantitative estimate of drug-likeness (QED) is 0.922. The molecule has 1 N–H and O–H groups in total. The predicted octanol–water partition coefficient (Wildman–Crippen LogP) is 3.29. The van der Waals surface area contributed by atoms with Crippen molar-refractivity contribution >= 4 is 17.5 Å². The molecule has 0 aliphatic carbocycles. The number of rotatable bonds is 5. The Morgan fingerprint density at radius 1 is 1.10 bits per heavy atom. The maximum atomic E-state index is 12.0. The molecule has 0 unspecified atom stereocenters. The van der Waals surface area contributed by atoms with Crippen LogP contribution in [0, 0.1) is 0 Å². The first-order valence-corrected chi connectivity index (χ1v) is 6.76. The third-order valence-corrected chi connectivity index (χ3v) is 3.29. The van der Waals surface area contributed by atoms with Gasteiger partial charge in [-0.2, -0.15) is 0 Å². The first kappa shape index (κ1) is 15.2. The van der Waals surface area contributed by atoms with Gasteiger partial charge in [-0.15, -0.1) is 0 Å². The number of hydrogen-bond donors (Lipinski definition) is 1. The van der Waals surface area contributed by atoms with Crippen LogP contribution in [-0.2, 0) is 6.54 Å². The van der Waals surface area contributed by atoms with E-state index in [9.17, 15) is 4.79 Å². The average Bonchev–Trinajstić information content (AvgIpc) is 2.53. The number of ether oxygens (including phenoxy) is 2. The number of halogens is 1. The summed E-state index contributed by atoms with van der Waals surface area (Å²) in [7, 11) is 3.18. The van der Waals surface area contributed by atoms with Crippen molar-refractivity contribution in [2.75, 3.05) is 14.2 Å². The Morgan fingerprint density at radius 2 is 1.81 bits per heavy atom. The fourth-order valence-corrected chi connectivity index (χ4v) is 2.00. The van der Waals surface area contributed by atoms with Gasteiger partial charge in [0, 0.05) is 28.8 Å². The molecule has 4 nitrogen and oxygen atoms in total. The summed E-state index contributed by atoms with van der Waals surface area (Å²) in [4.78, 5) is 12.0. The molecule has 1 amide bonds. The van der Waals surface area contributed by atoms with Crippen LogP contribution in [-0.4, -0.2) is 20.1 Å². The van der Waals surface area contributed by atoms with Gasteiger partial charge in [0.05, 0.1) is 14.2 Å². The van der Waals surface area contributed by atoms with Crippen molar-refractivity contribution in [3.8, 4) is 11.5 Å². The second-order valence-electron chi connectivity index (χ2n) is 4.37. The summed E-state index contributed by atoms with van der Waals surface area (Å²) in [6, 6.07) is 12.2. The fraction of sp³-hybridized carbons (Fsp3) is 0.188. The average molecular weight is 306 g/mol. The summed E-state index contributed by atoms with van der Waals surface area (Å²) in [6.07, 6.45) is 0. The molecule has 0 aromatic heterocycles. The van der Waals surface area contributed by atoms with Crippen molar-refractivity contribution in [3.63, 3.8) is 0 Å². The zero-order valence-corrected chi connectivity index (χ0v) is 12.6. The van der Waals surface area contributed by atoms with Crippen LogP contribution < -0.4 is 14.8 Å². The van der Waals surface area contributed by atoms with Gasteiger partial charge in [-0.1, -0.05) is 11.6 Å². The first-order chi connectivity index (χ1) is 10.1. The molecule has 0 aliphatic heterocycles. The maximum absolute atomic E-state index is 12.0. The lowest BCUT2D eigenvalue weighted by atomic mass is 10.1. The monoisotopic (exact) mass is 305 g/mol. The van der Waals surface area contributed by atoms with E-state index < -0.39 is 0 Å². The predicted molar refractivity (Wildman–Crippen MR) is 82.2 cm³/mol. The van der Waals surface area contributed by atoms with E-state index in [1.165, 1.54) is 0 Å². The molecule has 0 fully saturated rings. The Hall–Kier alpha value is -2.20. The molecule has 2 aromatic rings. The van der Waals surface area contributed by atoms with E-state index in [4.69, 9.17) is 21.1 Å². The minimum absolute atomic E-state index is 0.162. The van der Waals surface area contributed by atoms with Crippen molar-refractivity contribution in [1.29, 1.82) is 0 Å². The van der Waals surface area contributed by atoms with Crippen molar-refractivity contribution in [2.45, 2.75) is 6.54 Å². The highest BCUT2D eigenvalue weighted by atomic mass is 35.5. The first-order valence-electron chi connectivity index (χ1n) is 6.38. The van der Waals surface area contributed by atoms with Gasteiger partial charge in [0.25, 0.3) is 5.91 Å². The smallest absolute Gasteiger partial charge is 0.251 e. The van der Waals surface area contributed by atoms with Crippen LogP contribution in [0.3, 0.4) is 0 Å². The van der Waals surface area contributed by atoms with E-state index in [1.807, 2.05) is 12.1 Å². The van der Waals surface area contributed by atoms with Gasteiger partial charge >= 0.3 is 0 Å². The second-order valence-corrected chi connectivity index (χ2v) is 4.80. The fourth-order valence-electron chi connectivity index (χ4n) is 1.88. The van der Waals surface area contributed by atoms with Gasteiger partial charge in [0.15, 0.2) is 0 Å². The molecule has 0 radical (unpaired) electrons. The zero-order valence-electron chi connectivity index (χ0n) is 11.9. The SMILES string of the molecule is COc1ccc(CNC(=O)c2ccc(Cl)cc2)c(OC)c1. The molecule has 0 spiro atoms. The van der Waals surface area contributed by atoms with Gasteiger partial charge in [-0.25, -0.2) is 0 Å². The highest BCUT2D eigenvalue weighted by Gasteiger charge is 2.08. The molecule has 0 atom stereocenters. The number of nitrogens with one attached hydrogen (secondary N) is 1. The molecule has 2 rings (SSSR count). The van der Waals surface area contributed by atoms with E-state index in [1.54, 1.807) is 44.6 Å². The summed E-state index contributed by atoms with van der Waals surface area (Å²) < 4.78 is 10.4. The van der Waals surface area contributed by atoms with Crippen molar-refractivity contribution < 1.29 is 14.3 Å². The number of carbonyl (C=O) groups is 1. The number of hydrogen-bond acceptors (Lipinski definition) is 3. The molecule has 2 aromatic carbocycles. The Bertz CT molecular complexity index is 626. The molecule has 0 heterocycles. The Morgan fingerprint density at radius 3 is 2.43 bits per heavy atom. The summed E-state index contributed by atoms with van der Waals surface area (Å²) in [5.74, 6) is 1.22. The molecule has 0 saturated carbocycles. The van der Waals surface area contributed by atoms with Crippen molar-refractivity contribution in [2.24, 2.45) is 0 Å². The molecule has 0 bridgehead atoms. The summed E-state index contributed by atoms with van der Waals surface area (Å²) in [5.41, 5.74) is 1.44. The van der Waals surface area contributed by atoms with Gasteiger partial charge in [-0.05, 0) is 36.4 Å². The van der Waals surface area contributed by atoms with Gasteiger partial charge in [-0.3, -0.25) is 4.79 Å². The van der Waals surface area contributed by atoms with Crippen LogP contribution >= 0.6 is 11.6 Å². The van der Waals surface area contributed by atoms with Crippen molar-refractivity contribution in [3.05, 3.63) is 58.6 Å². The molecule has 5 heteroatoms. The van der Waals surface area contributed by atoms with Crippen LogP contribution in [0.4, 0.5) is 0 Å². The Balaban J connectivity index is 2.05. The van der Waals surface area contributed by atoms with Gasteiger partial charge in [0.1, 0.15) is 11.5 Å². The molecule has 21 heavy (non-hydrogen) atoms. The van der Waals surface area contributed by atoms with E-state index in [-0.39, 0.29) is 5.91 Å². The molecule has 110 valence electrons. The lowest BCUT2D eigenvalue weighted by Gasteiger charge is -2.11. The van der Waals surface area contributed by atoms with Crippen LogP contribution in [0.15, 0.2) is 42.5 Å². The number of methoxy groups -OCH3 is 2. The molecule has 0 aliphatic rings. The minimum atomic E-state index is -0.162. The summed E-state index contributed by atoms with van der Waals surface area (Å²) >= 11 is 5.80. The minimum Gasteiger partial charge on any atom is -0.497 e.